The SMILES string of the molecule is Cc1cccc(Nc2cc(N)nc(C(C)C)n2)c1C. The van der Waals surface area contributed by atoms with Crippen molar-refractivity contribution >= 4 is 17.3 Å². The van der Waals surface area contributed by atoms with Gasteiger partial charge in [-0.05, 0) is 31.0 Å². The van der Waals surface area contributed by atoms with Gasteiger partial charge in [0, 0.05) is 17.7 Å². The minimum Gasteiger partial charge on any atom is -0.384 e. The quantitative estimate of drug-likeness (QED) is 0.881. The average Bonchev–Trinajstić information content (AvgIpc) is 2.34. The van der Waals surface area contributed by atoms with Crippen LogP contribution < -0.4 is 11.1 Å². The highest BCUT2D eigenvalue weighted by molar-refractivity contribution is 5.63. The third-order valence-corrected chi connectivity index (χ3v) is 3.15. The summed E-state index contributed by atoms with van der Waals surface area (Å²) < 4.78 is 0. The van der Waals surface area contributed by atoms with Gasteiger partial charge in [-0.25, -0.2) is 9.97 Å². The number of nitrogens with one attached hydrogen (secondary N) is 1. The van der Waals surface area contributed by atoms with E-state index in [1.807, 2.05) is 12.1 Å². The maximum Gasteiger partial charge on any atom is 0.136 e. The molecule has 19 heavy (non-hydrogen) atoms. The standard InChI is InChI=1S/C15H20N4/c1-9(2)15-18-13(16)8-14(19-15)17-12-7-5-6-10(3)11(12)4/h5-9H,1-4H3,(H3,16,17,18,19). The van der Waals surface area contributed by atoms with Crippen LogP contribution in [0.15, 0.2) is 24.3 Å². The van der Waals surface area contributed by atoms with E-state index in [0.29, 0.717) is 5.82 Å². The third-order valence-electron chi connectivity index (χ3n) is 3.15. The molecule has 1 heterocycles. The predicted octanol–water partition coefficient (Wildman–Crippen LogP) is 3.54. The zero-order valence-corrected chi connectivity index (χ0v) is 11.9. The summed E-state index contributed by atoms with van der Waals surface area (Å²) in [4.78, 5) is 8.74. The van der Waals surface area contributed by atoms with Gasteiger partial charge in [-0.2, -0.15) is 0 Å². The summed E-state index contributed by atoms with van der Waals surface area (Å²) in [5.41, 5.74) is 9.34. The van der Waals surface area contributed by atoms with E-state index in [9.17, 15) is 0 Å². The molecule has 0 amide bonds. The topological polar surface area (TPSA) is 63.8 Å². The molecule has 4 heteroatoms. The molecule has 2 aromatic rings. The zero-order valence-electron chi connectivity index (χ0n) is 11.9. The van der Waals surface area contributed by atoms with Crippen LogP contribution >= 0.6 is 0 Å². The van der Waals surface area contributed by atoms with E-state index in [1.165, 1.54) is 11.1 Å². The molecule has 1 aromatic carbocycles. The Morgan fingerprint density at radius 2 is 1.89 bits per heavy atom. The number of hydrogen-bond donors (Lipinski definition) is 2. The fourth-order valence-corrected chi connectivity index (χ4v) is 1.83. The lowest BCUT2D eigenvalue weighted by atomic mass is 10.1. The van der Waals surface area contributed by atoms with Crippen molar-refractivity contribution in [1.82, 2.24) is 9.97 Å². The summed E-state index contributed by atoms with van der Waals surface area (Å²) in [7, 11) is 0. The molecule has 0 aliphatic carbocycles. The Morgan fingerprint density at radius 3 is 2.58 bits per heavy atom. The number of rotatable bonds is 3. The molecule has 0 unspecified atom stereocenters. The fourth-order valence-electron chi connectivity index (χ4n) is 1.83. The van der Waals surface area contributed by atoms with E-state index in [0.717, 1.165) is 17.3 Å². The minimum absolute atomic E-state index is 0.252. The highest BCUT2D eigenvalue weighted by Gasteiger charge is 2.08. The van der Waals surface area contributed by atoms with E-state index in [-0.39, 0.29) is 5.92 Å². The average molecular weight is 256 g/mol. The molecule has 0 fully saturated rings. The van der Waals surface area contributed by atoms with Crippen LogP contribution in [-0.2, 0) is 0 Å². The van der Waals surface area contributed by atoms with Crippen molar-refractivity contribution in [2.24, 2.45) is 0 Å². The second kappa shape index (κ2) is 5.26. The van der Waals surface area contributed by atoms with Crippen LogP contribution in [0, 0.1) is 13.8 Å². The van der Waals surface area contributed by atoms with Gasteiger partial charge in [0.25, 0.3) is 0 Å². The Labute approximate surface area is 114 Å². The van der Waals surface area contributed by atoms with E-state index in [2.05, 4.69) is 49.0 Å². The molecule has 0 radical (unpaired) electrons. The number of nitrogens with zero attached hydrogens (tertiary/aromatic N) is 2. The monoisotopic (exact) mass is 256 g/mol. The van der Waals surface area contributed by atoms with Crippen molar-refractivity contribution in [3.63, 3.8) is 0 Å². The number of nitrogens with two attached hydrogens (primary N) is 1. The first-order valence-electron chi connectivity index (χ1n) is 6.45. The predicted molar refractivity (Wildman–Crippen MR) is 79.7 cm³/mol. The van der Waals surface area contributed by atoms with Crippen LogP contribution in [0.3, 0.4) is 0 Å². The van der Waals surface area contributed by atoms with Crippen molar-refractivity contribution in [3.8, 4) is 0 Å². The normalized spacial score (nSPS) is 10.8. The molecule has 0 spiro atoms. The molecule has 0 saturated heterocycles. The second-order valence-corrected chi connectivity index (χ2v) is 5.06. The number of hydrogen-bond acceptors (Lipinski definition) is 4. The molecule has 0 atom stereocenters. The van der Waals surface area contributed by atoms with E-state index >= 15 is 0 Å². The molecular formula is C15H20N4. The van der Waals surface area contributed by atoms with Crippen LogP contribution in [-0.4, -0.2) is 9.97 Å². The van der Waals surface area contributed by atoms with E-state index < -0.39 is 0 Å². The third kappa shape index (κ3) is 3.02. The number of anilines is 3. The number of benzene rings is 1. The van der Waals surface area contributed by atoms with Crippen LogP contribution in [0.25, 0.3) is 0 Å². The van der Waals surface area contributed by atoms with Crippen molar-refractivity contribution < 1.29 is 0 Å². The van der Waals surface area contributed by atoms with Crippen molar-refractivity contribution in [3.05, 3.63) is 41.2 Å². The number of aromatic nitrogens is 2. The summed E-state index contributed by atoms with van der Waals surface area (Å²) in [6.45, 7) is 8.28. The van der Waals surface area contributed by atoms with Crippen LogP contribution in [0.4, 0.5) is 17.3 Å². The zero-order chi connectivity index (χ0) is 14.0. The number of nitrogen functional groups attached to an aromatic ring is 1. The molecule has 1 aromatic heterocycles. The minimum atomic E-state index is 0.252. The Morgan fingerprint density at radius 1 is 1.16 bits per heavy atom. The van der Waals surface area contributed by atoms with Gasteiger partial charge in [-0.3, -0.25) is 0 Å². The number of aryl methyl sites for hydroxylation is 1. The van der Waals surface area contributed by atoms with Crippen molar-refractivity contribution in [1.29, 1.82) is 0 Å². The highest BCUT2D eigenvalue weighted by atomic mass is 15.1. The Bertz CT molecular complexity index is 591. The lowest BCUT2D eigenvalue weighted by Gasteiger charge is -2.13. The molecule has 0 aliphatic rings. The van der Waals surface area contributed by atoms with Gasteiger partial charge < -0.3 is 11.1 Å². The van der Waals surface area contributed by atoms with Crippen LogP contribution in [0.2, 0.25) is 0 Å². The van der Waals surface area contributed by atoms with Crippen molar-refractivity contribution in [2.75, 3.05) is 11.1 Å². The Balaban J connectivity index is 2.35. The molecule has 0 bridgehead atoms. The Hall–Kier alpha value is -2.10. The highest BCUT2D eigenvalue weighted by Crippen LogP contribution is 2.23. The van der Waals surface area contributed by atoms with Gasteiger partial charge in [0.1, 0.15) is 17.5 Å². The largest absolute Gasteiger partial charge is 0.384 e. The molecule has 0 saturated carbocycles. The Kier molecular flexibility index (Phi) is 3.69. The van der Waals surface area contributed by atoms with Gasteiger partial charge >= 0.3 is 0 Å². The lowest BCUT2D eigenvalue weighted by Crippen LogP contribution is -2.05. The van der Waals surface area contributed by atoms with Crippen LogP contribution in [0.1, 0.15) is 36.7 Å². The summed E-state index contributed by atoms with van der Waals surface area (Å²) in [6, 6.07) is 7.91. The first kappa shape index (κ1) is 13.3. The van der Waals surface area contributed by atoms with Gasteiger partial charge in [0.2, 0.25) is 0 Å². The van der Waals surface area contributed by atoms with E-state index in [1.54, 1.807) is 6.07 Å². The molecule has 3 N–H and O–H groups in total. The second-order valence-electron chi connectivity index (χ2n) is 5.06. The summed E-state index contributed by atoms with van der Waals surface area (Å²) >= 11 is 0. The first-order valence-corrected chi connectivity index (χ1v) is 6.45. The summed E-state index contributed by atoms with van der Waals surface area (Å²) in [5.74, 6) is 2.24. The van der Waals surface area contributed by atoms with Gasteiger partial charge in [-0.1, -0.05) is 26.0 Å². The van der Waals surface area contributed by atoms with E-state index in [4.69, 9.17) is 5.73 Å². The first-order chi connectivity index (χ1) is 8.97. The smallest absolute Gasteiger partial charge is 0.136 e. The molecule has 100 valence electrons. The molecule has 0 aliphatic heterocycles. The van der Waals surface area contributed by atoms with Gasteiger partial charge in [0.05, 0.1) is 0 Å². The van der Waals surface area contributed by atoms with Gasteiger partial charge in [0.15, 0.2) is 0 Å². The molecule has 4 nitrogen and oxygen atoms in total. The fraction of sp³-hybridized carbons (Fsp3) is 0.333. The maximum absolute atomic E-state index is 5.83. The maximum atomic E-state index is 5.83. The summed E-state index contributed by atoms with van der Waals surface area (Å²) in [5, 5.41) is 3.32. The van der Waals surface area contributed by atoms with Crippen LogP contribution in [0.5, 0.6) is 0 Å². The molecular weight excluding hydrogens is 236 g/mol. The lowest BCUT2D eigenvalue weighted by molar-refractivity contribution is 0.779. The van der Waals surface area contributed by atoms with Gasteiger partial charge in [-0.15, -0.1) is 0 Å². The molecule has 2 rings (SSSR count). The summed E-state index contributed by atoms with van der Waals surface area (Å²) in [6.07, 6.45) is 0. The van der Waals surface area contributed by atoms with Crippen molar-refractivity contribution in [2.45, 2.75) is 33.6 Å².